The summed E-state index contributed by atoms with van der Waals surface area (Å²) in [6.45, 7) is 0.342. The van der Waals surface area contributed by atoms with Crippen molar-refractivity contribution in [3.05, 3.63) is 54.1 Å². The Morgan fingerprint density at radius 2 is 1.48 bits per heavy atom. The fourth-order valence-corrected chi connectivity index (χ4v) is 3.26. The second kappa shape index (κ2) is 8.37. The van der Waals surface area contributed by atoms with Crippen LogP contribution in [0.3, 0.4) is 0 Å². The molecule has 0 fully saturated rings. The zero-order valence-electron chi connectivity index (χ0n) is 14.5. The quantitative estimate of drug-likeness (QED) is 0.537. The van der Waals surface area contributed by atoms with E-state index in [4.69, 9.17) is 5.14 Å². The average Bonchev–Trinajstić information content (AvgIpc) is 2.55. The Labute approximate surface area is 158 Å². The number of benzene rings is 2. The minimum atomic E-state index is -3.72. The monoisotopic (exact) mass is 412 g/mol. The number of nitrogens with two attached hydrogens (primary N) is 1. The van der Waals surface area contributed by atoms with E-state index >= 15 is 0 Å². The van der Waals surface area contributed by atoms with Gasteiger partial charge in [0.05, 0.1) is 11.2 Å². The number of primary sulfonamides is 1. The van der Waals surface area contributed by atoms with Gasteiger partial charge in [0.2, 0.25) is 20.0 Å². The molecule has 146 valence electrons. The molecule has 0 aliphatic heterocycles. The summed E-state index contributed by atoms with van der Waals surface area (Å²) >= 11 is 0. The van der Waals surface area contributed by atoms with Gasteiger partial charge >= 0.3 is 6.03 Å². The van der Waals surface area contributed by atoms with E-state index in [2.05, 4.69) is 15.4 Å². The lowest BCUT2D eigenvalue weighted by Crippen LogP contribution is -2.30. The minimum absolute atomic E-state index is 0.0331. The van der Waals surface area contributed by atoms with Gasteiger partial charge in [-0.15, -0.1) is 0 Å². The van der Waals surface area contributed by atoms with Crippen LogP contribution in [-0.2, 0) is 26.5 Å². The largest absolute Gasteiger partial charge is 0.338 e. The van der Waals surface area contributed by atoms with Crippen LogP contribution in [0.5, 0.6) is 0 Å². The highest BCUT2D eigenvalue weighted by Gasteiger charge is 2.07. The van der Waals surface area contributed by atoms with Crippen LogP contribution < -0.4 is 20.5 Å². The van der Waals surface area contributed by atoms with Gasteiger partial charge in [-0.3, -0.25) is 4.72 Å². The lowest BCUT2D eigenvalue weighted by molar-refractivity contribution is 0.252. The van der Waals surface area contributed by atoms with Crippen LogP contribution in [-0.4, -0.2) is 35.7 Å². The van der Waals surface area contributed by atoms with Gasteiger partial charge in [-0.25, -0.2) is 26.8 Å². The molecule has 0 aromatic heterocycles. The molecule has 2 aromatic rings. The van der Waals surface area contributed by atoms with E-state index in [-0.39, 0.29) is 4.90 Å². The molecule has 27 heavy (non-hydrogen) atoms. The number of hydrogen-bond acceptors (Lipinski definition) is 5. The number of rotatable bonds is 7. The second-order valence-corrected chi connectivity index (χ2v) is 9.08. The summed E-state index contributed by atoms with van der Waals surface area (Å²) in [5, 5.41) is 10.3. The lowest BCUT2D eigenvalue weighted by Gasteiger charge is -2.09. The topological polar surface area (TPSA) is 147 Å². The van der Waals surface area contributed by atoms with Gasteiger partial charge in [0.15, 0.2) is 0 Å². The number of urea groups is 1. The van der Waals surface area contributed by atoms with E-state index in [1.165, 1.54) is 24.3 Å². The fourth-order valence-electron chi connectivity index (χ4n) is 2.18. The molecular formula is C16H20N4O5S2. The van der Waals surface area contributed by atoms with Gasteiger partial charge in [-0.2, -0.15) is 0 Å². The highest BCUT2D eigenvalue weighted by molar-refractivity contribution is 7.92. The third-order valence-electron chi connectivity index (χ3n) is 3.40. The fraction of sp³-hybridized carbons (Fsp3) is 0.188. The molecule has 9 nitrogen and oxygen atoms in total. The molecule has 0 bridgehead atoms. The van der Waals surface area contributed by atoms with E-state index in [0.717, 1.165) is 11.8 Å². The van der Waals surface area contributed by atoms with Crippen molar-refractivity contribution in [2.75, 3.05) is 22.8 Å². The smallest absolute Gasteiger partial charge is 0.319 e. The van der Waals surface area contributed by atoms with Crippen LogP contribution in [0.25, 0.3) is 0 Å². The van der Waals surface area contributed by atoms with Crippen LogP contribution >= 0.6 is 0 Å². The van der Waals surface area contributed by atoms with E-state index in [1.54, 1.807) is 24.3 Å². The standard InChI is InChI=1S/C16H20N4O5S2/c1-26(22,23)20-14-6-4-13(5-7-14)19-16(21)18-11-10-12-2-8-15(9-3-12)27(17,24)25/h2-9,20H,10-11H2,1H3,(H2,17,24,25)(H2,18,19,21). The number of carbonyl (C=O) groups excluding carboxylic acids is 1. The Morgan fingerprint density at radius 3 is 2.00 bits per heavy atom. The van der Waals surface area contributed by atoms with Crippen LogP contribution in [0.1, 0.15) is 5.56 Å². The first-order valence-electron chi connectivity index (χ1n) is 7.77. The second-order valence-electron chi connectivity index (χ2n) is 5.77. The normalized spacial score (nSPS) is 11.6. The molecule has 0 aliphatic carbocycles. The van der Waals surface area contributed by atoms with Crippen molar-refractivity contribution in [1.29, 1.82) is 0 Å². The first-order chi connectivity index (χ1) is 12.5. The zero-order chi connectivity index (χ0) is 20.1. The van der Waals surface area contributed by atoms with Crippen LogP contribution in [0.2, 0.25) is 0 Å². The predicted molar refractivity (Wildman–Crippen MR) is 103 cm³/mol. The number of nitrogens with one attached hydrogen (secondary N) is 3. The highest BCUT2D eigenvalue weighted by Crippen LogP contribution is 2.14. The van der Waals surface area contributed by atoms with Gasteiger partial charge in [-0.05, 0) is 48.4 Å². The van der Waals surface area contributed by atoms with Crippen molar-refractivity contribution < 1.29 is 21.6 Å². The summed E-state index contributed by atoms with van der Waals surface area (Å²) in [7, 11) is -7.07. The summed E-state index contributed by atoms with van der Waals surface area (Å²) < 4.78 is 47.0. The molecule has 0 saturated heterocycles. The van der Waals surface area contributed by atoms with Crippen molar-refractivity contribution in [3.63, 3.8) is 0 Å². The summed E-state index contributed by atoms with van der Waals surface area (Å²) in [5.74, 6) is 0. The number of carbonyl (C=O) groups is 1. The lowest BCUT2D eigenvalue weighted by atomic mass is 10.1. The molecule has 2 aromatic carbocycles. The number of hydrogen-bond donors (Lipinski definition) is 4. The molecule has 0 heterocycles. The van der Waals surface area contributed by atoms with Gasteiger partial charge in [-0.1, -0.05) is 12.1 Å². The average molecular weight is 412 g/mol. The van der Waals surface area contributed by atoms with Crippen molar-refractivity contribution in [2.24, 2.45) is 5.14 Å². The number of amides is 2. The third-order valence-corrected chi connectivity index (χ3v) is 4.93. The number of sulfonamides is 2. The summed E-state index contributed by atoms with van der Waals surface area (Å²) in [6, 6.07) is 11.9. The zero-order valence-corrected chi connectivity index (χ0v) is 16.1. The van der Waals surface area contributed by atoms with Crippen molar-refractivity contribution in [2.45, 2.75) is 11.3 Å². The van der Waals surface area contributed by atoms with Gasteiger partial charge in [0.1, 0.15) is 0 Å². The van der Waals surface area contributed by atoms with Crippen molar-refractivity contribution >= 4 is 37.5 Å². The SMILES string of the molecule is CS(=O)(=O)Nc1ccc(NC(=O)NCCc2ccc(S(N)(=O)=O)cc2)cc1. The Kier molecular flexibility index (Phi) is 6.41. The maximum absolute atomic E-state index is 11.9. The molecule has 2 amide bonds. The van der Waals surface area contributed by atoms with Crippen LogP contribution in [0.15, 0.2) is 53.4 Å². The van der Waals surface area contributed by atoms with Crippen molar-refractivity contribution in [3.8, 4) is 0 Å². The van der Waals surface area contributed by atoms with E-state index in [9.17, 15) is 21.6 Å². The van der Waals surface area contributed by atoms with Crippen LogP contribution in [0.4, 0.5) is 16.2 Å². The molecule has 5 N–H and O–H groups in total. The Hall–Kier alpha value is -2.63. The number of anilines is 2. The maximum Gasteiger partial charge on any atom is 0.319 e. The molecule has 0 atom stereocenters. The summed E-state index contributed by atoms with van der Waals surface area (Å²) in [4.78, 5) is 11.9. The van der Waals surface area contributed by atoms with Gasteiger partial charge in [0, 0.05) is 17.9 Å². The third kappa shape index (κ3) is 7.25. The Balaban J connectivity index is 1.81. The molecule has 0 spiro atoms. The first kappa shape index (κ1) is 20.7. The molecule has 0 radical (unpaired) electrons. The highest BCUT2D eigenvalue weighted by atomic mass is 32.2. The molecular weight excluding hydrogens is 392 g/mol. The maximum atomic E-state index is 11.9. The molecule has 0 unspecified atom stereocenters. The first-order valence-corrected chi connectivity index (χ1v) is 11.2. The van der Waals surface area contributed by atoms with E-state index < -0.39 is 26.1 Å². The molecule has 0 saturated carbocycles. The summed E-state index contributed by atoms with van der Waals surface area (Å²) in [6.07, 6.45) is 1.56. The minimum Gasteiger partial charge on any atom is -0.338 e. The van der Waals surface area contributed by atoms with Crippen LogP contribution in [0, 0.1) is 0 Å². The van der Waals surface area contributed by atoms with E-state index in [1.807, 2.05) is 0 Å². The van der Waals surface area contributed by atoms with Gasteiger partial charge < -0.3 is 10.6 Å². The van der Waals surface area contributed by atoms with E-state index in [0.29, 0.717) is 24.3 Å². The van der Waals surface area contributed by atoms with Crippen molar-refractivity contribution in [1.82, 2.24) is 5.32 Å². The molecule has 0 aliphatic rings. The Morgan fingerprint density at radius 1 is 0.926 bits per heavy atom. The summed E-state index contributed by atoms with van der Waals surface area (Å²) in [5.41, 5.74) is 1.74. The molecule has 11 heteroatoms. The predicted octanol–water partition coefficient (Wildman–Crippen LogP) is 1.07. The van der Waals surface area contributed by atoms with Gasteiger partial charge in [0.25, 0.3) is 0 Å². The Bertz CT molecular complexity index is 1000. The molecule has 2 rings (SSSR count).